The van der Waals surface area contributed by atoms with Gasteiger partial charge in [0.2, 0.25) is 0 Å². The number of piperidine rings is 1. The van der Waals surface area contributed by atoms with Gasteiger partial charge in [-0.25, -0.2) is 9.59 Å². The third kappa shape index (κ3) is 7.35. The van der Waals surface area contributed by atoms with Crippen LogP contribution in [-0.4, -0.2) is 51.3 Å². The maximum Gasteiger partial charge on any atom is 0.409 e. The van der Waals surface area contributed by atoms with E-state index >= 15 is 0 Å². The van der Waals surface area contributed by atoms with Crippen LogP contribution in [0.15, 0.2) is 48.5 Å². The minimum Gasteiger partial charge on any atom is -0.494 e. The van der Waals surface area contributed by atoms with Crippen LogP contribution < -0.4 is 4.74 Å². The summed E-state index contributed by atoms with van der Waals surface area (Å²) in [7, 11) is -1.24. The van der Waals surface area contributed by atoms with Crippen LogP contribution in [0.3, 0.4) is 0 Å². The number of amides is 1. The quantitative estimate of drug-likeness (QED) is 0.283. The molecule has 1 amide bonds. The molecule has 0 spiro atoms. The molecule has 1 heterocycles. The lowest BCUT2D eigenvalue weighted by Gasteiger charge is -2.44. The number of likely N-dealkylation sites (tertiary alicyclic amines) is 1. The van der Waals surface area contributed by atoms with Crippen molar-refractivity contribution in [1.29, 1.82) is 0 Å². The zero-order chi connectivity index (χ0) is 26.3. The zero-order valence-corrected chi connectivity index (χ0v) is 23.6. The van der Waals surface area contributed by atoms with Crippen molar-refractivity contribution in [2.45, 2.75) is 64.9 Å². The topological polar surface area (TPSA) is 65.1 Å². The van der Waals surface area contributed by atoms with Gasteiger partial charge in [-0.2, -0.15) is 0 Å². The van der Waals surface area contributed by atoms with Crippen LogP contribution in [0.5, 0.6) is 5.75 Å². The summed E-state index contributed by atoms with van der Waals surface area (Å²) >= 11 is 0. The van der Waals surface area contributed by atoms with E-state index in [0.717, 1.165) is 29.3 Å². The largest absolute Gasteiger partial charge is 0.494 e. The summed E-state index contributed by atoms with van der Waals surface area (Å²) in [6, 6.07) is 16.3. The number of hydrogen-bond donors (Lipinski definition) is 0. The molecule has 7 heteroatoms. The molecule has 3 rings (SSSR count). The van der Waals surface area contributed by atoms with Crippen molar-refractivity contribution in [3.8, 4) is 5.75 Å². The molecule has 2 atom stereocenters. The highest BCUT2D eigenvalue weighted by Crippen LogP contribution is 2.40. The minimum atomic E-state index is -1.24. The number of ether oxygens (including phenoxy) is 3. The Bertz CT molecular complexity index is 1030. The average Bonchev–Trinajstić information content (AvgIpc) is 2.84. The van der Waals surface area contributed by atoms with Crippen LogP contribution >= 0.6 is 0 Å². The average molecular weight is 512 g/mol. The minimum absolute atomic E-state index is 0.152. The van der Waals surface area contributed by atoms with Crippen molar-refractivity contribution in [2.24, 2.45) is 5.92 Å². The van der Waals surface area contributed by atoms with Crippen molar-refractivity contribution in [2.75, 3.05) is 26.3 Å². The second-order valence-corrected chi connectivity index (χ2v) is 16.8. The van der Waals surface area contributed by atoms with Crippen LogP contribution in [0.4, 0.5) is 4.79 Å². The van der Waals surface area contributed by atoms with Crippen LogP contribution in [0.25, 0.3) is 0 Å². The van der Waals surface area contributed by atoms with Gasteiger partial charge in [0.25, 0.3) is 0 Å². The summed E-state index contributed by atoms with van der Waals surface area (Å²) in [5, 5.41) is 0. The molecular weight excluding hydrogens is 470 g/mol. The lowest BCUT2D eigenvalue weighted by molar-refractivity contribution is 0.0472. The van der Waals surface area contributed by atoms with Crippen molar-refractivity contribution < 1.29 is 23.8 Å². The fraction of sp³-hybridized carbons (Fsp3) is 0.517. The first kappa shape index (κ1) is 27.8. The third-order valence-corrected chi connectivity index (χ3v) is 8.88. The number of esters is 1. The van der Waals surface area contributed by atoms with Gasteiger partial charge in [-0.05, 0) is 66.1 Å². The number of carbonyl (C=O) groups excluding carboxylic acids is 2. The van der Waals surface area contributed by atoms with E-state index < -0.39 is 8.07 Å². The highest BCUT2D eigenvalue weighted by atomic mass is 28.3. The van der Waals surface area contributed by atoms with Crippen molar-refractivity contribution in [3.05, 3.63) is 65.2 Å². The van der Waals surface area contributed by atoms with Gasteiger partial charge in [0.1, 0.15) is 12.4 Å². The monoisotopic (exact) mass is 511 g/mol. The standard InChI is InChI=1S/C29H41NO5Si/c1-7-33-26-13-11-23(12-14-26)21-35-27(31)24-9-8-10-25(19-24)29(3)15-16-30(20-22(29)2)28(32)34-17-18-36(4,5)6/h8-14,19,22H,7,15-18,20-21H2,1-6H3/t22-,29+/m0/s1. The van der Waals surface area contributed by atoms with E-state index in [1.165, 1.54) is 0 Å². The second kappa shape index (κ2) is 12.0. The molecule has 0 N–H and O–H groups in total. The molecule has 0 aliphatic carbocycles. The smallest absolute Gasteiger partial charge is 0.409 e. The van der Waals surface area contributed by atoms with E-state index in [-0.39, 0.29) is 30.0 Å². The highest BCUT2D eigenvalue weighted by molar-refractivity contribution is 6.76. The molecule has 6 nitrogen and oxygen atoms in total. The van der Waals surface area contributed by atoms with Crippen LogP contribution in [0.2, 0.25) is 25.7 Å². The van der Waals surface area contributed by atoms with Gasteiger partial charge in [-0.1, -0.05) is 57.8 Å². The molecule has 2 aromatic carbocycles. The van der Waals surface area contributed by atoms with Crippen molar-refractivity contribution in [1.82, 2.24) is 4.90 Å². The molecule has 0 saturated carbocycles. The Labute approximate surface area is 216 Å². The molecular formula is C29H41NO5Si. The normalized spacial score (nSPS) is 20.1. The molecule has 2 aromatic rings. The summed E-state index contributed by atoms with van der Waals surface area (Å²) < 4.78 is 16.6. The predicted molar refractivity (Wildman–Crippen MR) is 145 cm³/mol. The number of hydrogen-bond acceptors (Lipinski definition) is 5. The van der Waals surface area contributed by atoms with E-state index in [1.54, 1.807) is 6.07 Å². The van der Waals surface area contributed by atoms with E-state index in [2.05, 4.69) is 39.6 Å². The summed E-state index contributed by atoms with van der Waals surface area (Å²) in [6.45, 7) is 15.7. The molecule has 0 aromatic heterocycles. The molecule has 36 heavy (non-hydrogen) atoms. The Morgan fingerprint density at radius 2 is 1.81 bits per heavy atom. The van der Waals surface area contributed by atoms with Gasteiger partial charge >= 0.3 is 12.1 Å². The molecule has 0 bridgehead atoms. The Balaban J connectivity index is 1.59. The van der Waals surface area contributed by atoms with E-state index in [1.807, 2.05) is 48.2 Å². The number of benzene rings is 2. The molecule has 1 aliphatic rings. The van der Waals surface area contributed by atoms with E-state index in [9.17, 15) is 9.59 Å². The molecule has 1 aliphatic heterocycles. The first-order valence-corrected chi connectivity index (χ1v) is 16.6. The Kier molecular flexibility index (Phi) is 9.22. The van der Waals surface area contributed by atoms with Crippen molar-refractivity contribution in [3.63, 3.8) is 0 Å². The first-order chi connectivity index (χ1) is 17.0. The van der Waals surface area contributed by atoms with Gasteiger partial charge in [0, 0.05) is 21.2 Å². The molecule has 0 radical (unpaired) electrons. The van der Waals surface area contributed by atoms with Crippen LogP contribution in [0.1, 0.15) is 48.7 Å². The Morgan fingerprint density at radius 3 is 2.44 bits per heavy atom. The number of rotatable bonds is 9. The van der Waals surface area contributed by atoms with Crippen molar-refractivity contribution >= 4 is 20.1 Å². The lowest BCUT2D eigenvalue weighted by atomic mass is 9.68. The third-order valence-electron chi connectivity index (χ3n) is 7.18. The fourth-order valence-electron chi connectivity index (χ4n) is 4.45. The lowest BCUT2D eigenvalue weighted by Crippen LogP contribution is -2.49. The SMILES string of the molecule is CCOc1ccc(COC(=O)c2cccc([C@]3(C)CCN(C(=O)OCC[Si](C)(C)C)C[C@@H]3C)c2)cc1. The molecule has 1 fully saturated rings. The van der Waals surface area contributed by atoms with Gasteiger partial charge in [0.05, 0.1) is 18.8 Å². The predicted octanol–water partition coefficient (Wildman–Crippen LogP) is 6.52. The Hall–Kier alpha value is -2.80. The van der Waals surface area contributed by atoms with E-state index in [0.29, 0.717) is 31.9 Å². The highest BCUT2D eigenvalue weighted by Gasteiger charge is 2.40. The number of carbonyl (C=O) groups is 2. The summed E-state index contributed by atoms with van der Waals surface area (Å²) in [6.07, 6.45) is 0.593. The second-order valence-electron chi connectivity index (χ2n) is 11.2. The summed E-state index contributed by atoms with van der Waals surface area (Å²) in [5.74, 6) is 0.671. The molecule has 0 unspecified atom stereocenters. The summed E-state index contributed by atoms with van der Waals surface area (Å²) in [4.78, 5) is 27.2. The zero-order valence-electron chi connectivity index (χ0n) is 22.6. The maximum absolute atomic E-state index is 12.8. The first-order valence-electron chi connectivity index (χ1n) is 12.9. The van der Waals surface area contributed by atoms with Gasteiger partial charge in [-0.3, -0.25) is 0 Å². The van der Waals surface area contributed by atoms with Gasteiger partial charge in [0.15, 0.2) is 0 Å². The maximum atomic E-state index is 12.8. The van der Waals surface area contributed by atoms with Crippen LogP contribution in [-0.2, 0) is 21.5 Å². The molecule has 1 saturated heterocycles. The molecule has 196 valence electrons. The fourth-order valence-corrected chi connectivity index (χ4v) is 5.16. The van der Waals surface area contributed by atoms with Gasteiger partial charge in [-0.15, -0.1) is 0 Å². The van der Waals surface area contributed by atoms with E-state index in [4.69, 9.17) is 14.2 Å². The summed E-state index contributed by atoms with van der Waals surface area (Å²) in [5.41, 5.74) is 2.39. The Morgan fingerprint density at radius 1 is 1.08 bits per heavy atom. The van der Waals surface area contributed by atoms with Gasteiger partial charge < -0.3 is 19.1 Å². The number of nitrogens with zero attached hydrogens (tertiary/aromatic N) is 1. The van der Waals surface area contributed by atoms with Crippen LogP contribution in [0, 0.1) is 5.92 Å².